The molecule has 0 aromatic rings. The van der Waals surface area contributed by atoms with E-state index in [1.165, 1.54) is 12.2 Å². The first-order valence-corrected chi connectivity index (χ1v) is 5.35. The lowest BCUT2D eigenvalue weighted by atomic mass is 10.4. The standard InChI is InChI=1S/C8H14INOS/c1-3-5-7-10(12-11-9)8-6-4-2/h3-4H,1-2,5-8H2. The van der Waals surface area contributed by atoms with Crippen LogP contribution in [0.2, 0.25) is 0 Å². The topological polar surface area (TPSA) is 12.5 Å². The highest BCUT2D eigenvalue weighted by molar-refractivity contribution is 14.1. The SMILES string of the molecule is C=CCCN(CCC=C)SOI. The van der Waals surface area contributed by atoms with Gasteiger partial charge in [0, 0.05) is 13.1 Å². The van der Waals surface area contributed by atoms with Gasteiger partial charge in [0.1, 0.15) is 23.0 Å². The van der Waals surface area contributed by atoms with Gasteiger partial charge in [0.2, 0.25) is 0 Å². The fourth-order valence-corrected chi connectivity index (χ4v) is 1.82. The van der Waals surface area contributed by atoms with E-state index in [9.17, 15) is 0 Å². The molecule has 0 unspecified atom stereocenters. The van der Waals surface area contributed by atoms with Crippen LogP contribution < -0.4 is 0 Å². The molecular weight excluding hydrogens is 285 g/mol. The maximum absolute atomic E-state index is 4.94. The Kier molecular flexibility index (Phi) is 9.95. The van der Waals surface area contributed by atoms with Crippen molar-refractivity contribution in [2.75, 3.05) is 13.1 Å². The molecule has 0 fully saturated rings. The molecule has 12 heavy (non-hydrogen) atoms. The van der Waals surface area contributed by atoms with E-state index in [1.54, 1.807) is 0 Å². The Labute approximate surface area is 93.1 Å². The average molecular weight is 299 g/mol. The van der Waals surface area contributed by atoms with Crippen molar-refractivity contribution in [3.8, 4) is 0 Å². The first kappa shape index (κ1) is 12.5. The van der Waals surface area contributed by atoms with E-state index in [1.807, 2.05) is 35.2 Å². The molecule has 0 aliphatic rings. The summed E-state index contributed by atoms with van der Waals surface area (Å²) < 4.78 is 7.09. The molecule has 2 nitrogen and oxygen atoms in total. The van der Waals surface area contributed by atoms with Gasteiger partial charge in [-0.3, -0.25) is 0 Å². The molecule has 0 aromatic carbocycles. The Hall–Kier alpha value is 0.480. The molecule has 0 spiro atoms. The molecule has 0 saturated heterocycles. The molecule has 0 heterocycles. The summed E-state index contributed by atoms with van der Waals surface area (Å²) in [5.41, 5.74) is 0. The van der Waals surface area contributed by atoms with Crippen LogP contribution in [-0.2, 0) is 2.51 Å². The maximum atomic E-state index is 4.94. The fourth-order valence-electron chi connectivity index (χ4n) is 0.697. The molecular formula is C8H14INOS. The van der Waals surface area contributed by atoms with Crippen LogP contribution in [-0.4, -0.2) is 17.4 Å². The molecule has 0 saturated carbocycles. The van der Waals surface area contributed by atoms with Crippen molar-refractivity contribution < 1.29 is 2.51 Å². The van der Waals surface area contributed by atoms with E-state index in [0.29, 0.717) is 0 Å². The van der Waals surface area contributed by atoms with Crippen LogP contribution in [0.3, 0.4) is 0 Å². The van der Waals surface area contributed by atoms with Gasteiger partial charge in [0.25, 0.3) is 0 Å². The van der Waals surface area contributed by atoms with Crippen molar-refractivity contribution in [3.05, 3.63) is 25.3 Å². The summed E-state index contributed by atoms with van der Waals surface area (Å²) in [5.74, 6) is 0. The van der Waals surface area contributed by atoms with Crippen LogP contribution in [0.5, 0.6) is 0 Å². The van der Waals surface area contributed by atoms with Crippen molar-refractivity contribution >= 4 is 35.2 Å². The molecule has 0 N–H and O–H groups in total. The molecule has 0 aromatic heterocycles. The second-order valence-corrected chi connectivity index (χ2v) is 4.09. The van der Waals surface area contributed by atoms with Crippen LogP contribution in [0, 0.1) is 0 Å². The Morgan fingerprint density at radius 1 is 1.25 bits per heavy atom. The van der Waals surface area contributed by atoms with Gasteiger partial charge in [-0.15, -0.1) is 13.2 Å². The predicted octanol–water partition coefficient (Wildman–Crippen LogP) is 3.37. The van der Waals surface area contributed by atoms with Gasteiger partial charge in [-0.05, 0) is 12.8 Å². The summed E-state index contributed by atoms with van der Waals surface area (Å²) >= 11 is 3.26. The lowest BCUT2D eigenvalue weighted by Gasteiger charge is -2.16. The Bertz CT molecular complexity index is 120. The van der Waals surface area contributed by atoms with Crippen LogP contribution in [0.1, 0.15) is 12.8 Å². The summed E-state index contributed by atoms with van der Waals surface area (Å²) in [4.78, 5) is 0. The third kappa shape index (κ3) is 7.15. The fraction of sp³-hybridized carbons (Fsp3) is 0.500. The molecule has 0 aliphatic carbocycles. The molecule has 0 atom stereocenters. The minimum absolute atomic E-state index is 0.977. The van der Waals surface area contributed by atoms with Gasteiger partial charge < -0.3 is 0 Å². The zero-order valence-corrected chi connectivity index (χ0v) is 10.0. The summed E-state index contributed by atoms with van der Waals surface area (Å²) in [6.07, 6.45) is 5.80. The van der Waals surface area contributed by atoms with Gasteiger partial charge in [-0.2, -0.15) is 0 Å². The lowest BCUT2D eigenvalue weighted by Crippen LogP contribution is -2.17. The summed E-state index contributed by atoms with van der Waals surface area (Å²) in [5, 5.41) is 0. The van der Waals surface area contributed by atoms with Crippen molar-refractivity contribution in [1.82, 2.24) is 4.31 Å². The Balaban J connectivity index is 3.52. The van der Waals surface area contributed by atoms with Gasteiger partial charge >= 0.3 is 0 Å². The van der Waals surface area contributed by atoms with Crippen LogP contribution in [0.4, 0.5) is 0 Å². The first-order valence-electron chi connectivity index (χ1n) is 3.77. The van der Waals surface area contributed by atoms with Crippen LogP contribution in [0.15, 0.2) is 25.3 Å². The minimum atomic E-state index is 0.977. The first-order chi connectivity index (χ1) is 5.85. The number of hydrogen-bond acceptors (Lipinski definition) is 3. The summed E-state index contributed by atoms with van der Waals surface area (Å²) in [7, 11) is 0. The second kappa shape index (κ2) is 9.57. The summed E-state index contributed by atoms with van der Waals surface area (Å²) in [6.45, 7) is 9.30. The molecule has 0 bridgehead atoms. The van der Waals surface area contributed by atoms with Gasteiger partial charge in [0.05, 0.1) is 12.2 Å². The van der Waals surface area contributed by atoms with Crippen molar-refractivity contribution in [3.63, 3.8) is 0 Å². The van der Waals surface area contributed by atoms with E-state index in [0.717, 1.165) is 25.9 Å². The van der Waals surface area contributed by atoms with Crippen molar-refractivity contribution in [1.29, 1.82) is 0 Å². The van der Waals surface area contributed by atoms with Gasteiger partial charge in [-0.1, -0.05) is 12.2 Å². The van der Waals surface area contributed by atoms with Crippen LogP contribution >= 0.6 is 35.2 Å². The number of rotatable bonds is 8. The minimum Gasteiger partial charge on any atom is -0.231 e. The number of hydrogen-bond donors (Lipinski definition) is 0. The average Bonchev–Trinajstić information content (AvgIpc) is 2.10. The van der Waals surface area contributed by atoms with E-state index in [4.69, 9.17) is 2.51 Å². The zero-order valence-electron chi connectivity index (χ0n) is 7.04. The quantitative estimate of drug-likeness (QED) is 0.295. The highest BCUT2D eigenvalue weighted by Crippen LogP contribution is 2.15. The third-order valence-electron chi connectivity index (χ3n) is 1.30. The monoisotopic (exact) mass is 299 g/mol. The molecule has 70 valence electrons. The van der Waals surface area contributed by atoms with Crippen LogP contribution in [0.25, 0.3) is 0 Å². The Morgan fingerprint density at radius 3 is 2.08 bits per heavy atom. The molecule has 0 amide bonds. The number of nitrogens with zero attached hydrogens (tertiary/aromatic N) is 1. The van der Waals surface area contributed by atoms with E-state index in [2.05, 4.69) is 17.5 Å². The zero-order chi connectivity index (χ0) is 9.23. The third-order valence-corrected chi connectivity index (χ3v) is 2.41. The van der Waals surface area contributed by atoms with E-state index < -0.39 is 0 Å². The normalized spacial score (nSPS) is 10.2. The highest BCUT2D eigenvalue weighted by Gasteiger charge is 2.02. The lowest BCUT2D eigenvalue weighted by molar-refractivity contribution is 0.469. The largest absolute Gasteiger partial charge is 0.231 e. The molecule has 0 aliphatic heterocycles. The van der Waals surface area contributed by atoms with Gasteiger partial charge in [0.15, 0.2) is 0 Å². The van der Waals surface area contributed by atoms with E-state index >= 15 is 0 Å². The molecule has 4 heteroatoms. The van der Waals surface area contributed by atoms with Crippen molar-refractivity contribution in [2.24, 2.45) is 0 Å². The highest BCUT2D eigenvalue weighted by atomic mass is 127. The summed E-state index contributed by atoms with van der Waals surface area (Å²) in [6, 6.07) is 0. The van der Waals surface area contributed by atoms with Gasteiger partial charge in [-0.25, -0.2) is 6.82 Å². The van der Waals surface area contributed by atoms with E-state index in [-0.39, 0.29) is 0 Å². The molecule has 0 radical (unpaired) electrons. The Morgan fingerprint density at radius 2 is 1.75 bits per heavy atom. The second-order valence-electron chi connectivity index (χ2n) is 2.22. The van der Waals surface area contributed by atoms with Crippen molar-refractivity contribution in [2.45, 2.75) is 12.8 Å². The predicted molar refractivity (Wildman–Crippen MR) is 63.9 cm³/mol. The number of halogens is 1. The smallest absolute Gasteiger partial charge is 0.129 e. The maximum Gasteiger partial charge on any atom is 0.129 e. The molecule has 0 rings (SSSR count).